The maximum atomic E-state index is 5.40. The molecule has 3 nitrogen and oxygen atoms in total. The van der Waals surface area contributed by atoms with Crippen molar-refractivity contribution in [2.45, 2.75) is 0 Å². The van der Waals surface area contributed by atoms with Crippen LogP contribution in [-0.4, -0.2) is 20.8 Å². The highest BCUT2D eigenvalue weighted by molar-refractivity contribution is 9.10. The molecule has 0 aromatic heterocycles. The van der Waals surface area contributed by atoms with Gasteiger partial charge >= 0.3 is 0 Å². The molecule has 0 saturated carbocycles. The largest absolute Gasteiger partial charge is 0.496 e. The number of halogens is 1. The van der Waals surface area contributed by atoms with Gasteiger partial charge in [0.05, 0.1) is 18.7 Å². The first-order valence-corrected chi connectivity index (χ1v) is 5.30. The zero-order valence-electron chi connectivity index (χ0n) is 8.79. The maximum Gasteiger partial charge on any atom is 0.136 e. The van der Waals surface area contributed by atoms with Gasteiger partial charge in [-0.2, -0.15) is 0 Å². The minimum absolute atomic E-state index is 0.507. The van der Waals surface area contributed by atoms with Crippen LogP contribution in [0.25, 0.3) is 6.08 Å². The van der Waals surface area contributed by atoms with E-state index in [1.54, 1.807) is 14.2 Å². The lowest BCUT2D eigenvalue weighted by Gasteiger charge is -2.09. The molecule has 0 spiro atoms. The van der Waals surface area contributed by atoms with Gasteiger partial charge in [-0.15, -0.1) is 0 Å². The van der Waals surface area contributed by atoms with Crippen molar-refractivity contribution in [1.29, 1.82) is 0 Å². The van der Waals surface area contributed by atoms with Crippen LogP contribution < -0.4 is 15.2 Å². The second-order valence-corrected chi connectivity index (χ2v) is 3.72. The monoisotopic (exact) mass is 271 g/mol. The van der Waals surface area contributed by atoms with Gasteiger partial charge in [-0.3, -0.25) is 0 Å². The minimum Gasteiger partial charge on any atom is -0.496 e. The van der Waals surface area contributed by atoms with E-state index < -0.39 is 0 Å². The Labute approximate surface area is 98.0 Å². The molecule has 0 radical (unpaired) electrons. The van der Waals surface area contributed by atoms with Crippen LogP contribution in [0.1, 0.15) is 5.56 Å². The van der Waals surface area contributed by atoms with Crippen molar-refractivity contribution in [1.82, 2.24) is 0 Å². The van der Waals surface area contributed by atoms with Gasteiger partial charge < -0.3 is 15.2 Å². The highest BCUT2D eigenvalue weighted by Gasteiger charge is 2.06. The summed E-state index contributed by atoms with van der Waals surface area (Å²) in [5.41, 5.74) is 6.37. The second-order valence-electron chi connectivity index (χ2n) is 2.87. The number of nitrogens with two attached hydrogens (primary N) is 1. The predicted molar refractivity (Wildman–Crippen MR) is 65.3 cm³/mol. The molecule has 0 fully saturated rings. The highest BCUT2D eigenvalue weighted by atomic mass is 79.9. The van der Waals surface area contributed by atoms with E-state index >= 15 is 0 Å². The molecule has 1 aromatic carbocycles. The van der Waals surface area contributed by atoms with E-state index in [1.165, 1.54) is 0 Å². The van der Waals surface area contributed by atoms with Crippen LogP contribution in [0.2, 0.25) is 0 Å². The second kappa shape index (κ2) is 5.78. The molecule has 82 valence electrons. The lowest BCUT2D eigenvalue weighted by molar-refractivity contribution is 0.392. The lowest BCUT2D eigenvalue weighted by atomic mass is 10.1. The topological polar surface area (TPSA) is 44.5 Å². The van der Waals surface area contributed by atoms with Gasteiger partial charge in [0, 0.05) is 18.2 Å². The number of methoxy groups -OCH3 is 2. The van der Waals surface area contributed by atoms with E-state index in [9.17, 15) is 0 Å². The Bertz CT molecular complexity index is 364. The molecule has 0 aliphatic carbocycles. The summed E-state index contributed by atoms with van der Waals surface area (Å²) in [6, 6.07) is 3.77. The van der Waals surface area contributed by atoms with E-state index in [0.29, 0.717) is 6.54 Å². The smallest absolute Gasteiger partial charge is 0.136 e. The van der Waals surface area contributed by atoms with Gasteiger partial charge in [-0.25, -0.2) is 0 Å². The third kappa shape index (κ3) is 2.97. The summed E-state index contributed by atoms with van der Waals surface area (Å²) in [5.74, 6) is 1.51. The standard InChI is InChI=1S/C11H14BrNO2/c1-14-10-7-11(15-2)9(12)6-8(10)4-3-5-13/h3-4,6-7H,5,13H2,1-2H3/b4-3+. The number of hydrogen-bond acceptors (Lipinski definition) is 3. The van der Waals surface area contributed by atoms with Crippen LogP contribution in [0.3, 0.4) is 0 Å². The van der Waals surface area contributed by atoms with Crippen molar-refractivity contribution in [3.63, 3.8) is 0 Å². The first-order valence-electron chi connectivity index (χ1n) is 4.51. The Kier molecular flexibility index (Phi) is 4.65. The Morgan fingerprint density at radius 3 is 2.47 bits per heavy atom. The Hall–Kier alpha value is -1.00. The molecule has 2 N–H and O–H groups in total. The zero-order valence-corrected chi connectivity index (χ0v) is 10.4. The van der Waals surface area contributed by atoms with Gasteiger partial charge in [0.1, 0.15) is 11.5 Å². The Morgan fingerprint density at radius 1 is 1.27 bits per heavy atom. The van der Waals surface area contributed by atoms with Crippen LogP contribution in [0.15, 0.2) is 22.7 Å². The molecule has 0 aliphatic rings. The van der Waals surface area contributed by atoms with E-state index in [1.807, 2.05) is 24.3 Å². The molecule has 4 heteroatoms. The highest BCUT2D eigenvalue weighted by Crippen LogP contribution is 2.33. The Balaban J connectivity index is 3.15. The summed E-state index contributed by atoms with van der Waals surface area (Å²) in [5, 5.41) is 0. The fourth-order valence-electron chi connectivity index (χ4n) is 1.21. The third-order valence-corrected chi connectivity index (χ3v) is 2.56. The molecular formula is C11H14BrNO2. The van der Waals surface area contributed by atoms with Crippen LogP contribution in [0.4, 0.5) is 0 Å². The van der Waals surface area contributed by atoms with Crippen molar-refractivity contribution < 1.29 is 9.47 Å². The van der Waals surface area contributed by atoms with Crippen LogP contribution in [0.5, 0.6) is 11.5 Å². The molecular weight excluding hydrogens is 258 g/mol. The fraction of sp³-hybridized carbons (Fsp3) is 0.273. The molecule has 0 aliphatic heterocycles. The first kappa shape index (κ1) is 12.1. The van der Waals surface area contributed by atoms with Crippen LogP contribution in [0, 0.1) is 0 Å². The molecule has 0 heterocycles. The van der Waals surface area contributed by atoms with Gasteiger partial charge in [0.2, 0.25) is 0 Å². The SMILES string of the molecule is COc1cc(OC)c(/C=C/CN)cc1Br. The number of hydrogen-bond donors (Lipinski definition) is 1. The van der Waals surface area contributed by atoms with Crippen molar-refractivity contribution >= 4 is 22.0 Å². The summed E-state index contributed by atoms with van der Waals surface area (Å²) >= 11 is 3.42. The van der Waals surface area contributed by atoms with Gasteiger partial charge in [-0.05, 0) is 22.0 Å². The van der Waals surface area contributed by atoms with E-state index in [-0.39, 0.29) is 0 Å². The zero-order chi connectivity index (χ0) is 11.3. The summed E-state index contributed by atoms with van der Waals surface area (Å²) < 4.78 is 11.3. The third-order valence-electron chi connectivity index (χ3n) is 1.94. The average Bonchev–Trinajstić information content (AvgIpc) is 2.26. The molecule has 0 bridgehead atoms. The minimum atomic E-state index is 0.507. The first-order chi connectivity index (χ1) is 7.22. The van der Waals surface area contributed by atoms with Crippen LogP contribution >= 0.6 is 15.9 Å². The number of ether oxygens (including phenoxy) is 2. The maximum absolute atomic E-state index is 5.40. The molecule has 0 amide bonds. The molecule has 0 unspecified atom stereocenters. The lowest BCUT2D eigenvalue weighted by Crippen LogP contribution is -1.94. The molecule has 1 aromatic rings. The van der Waals surface area contributed by atoms with Crippen molar-refractivity contribution in [3.8, 4) is 11.5 Å². The molecule has 1 rings (SSSR count). The van der Waals surface area contributed by atoms with Crippen molar-refractivity contribution in [2.75, 3.05) is 20.8 Å². The molecule has 0 atom stereocenters. The van der Waals surface area contributed by atoms with E-state index in [4.69, 9.17) is 15.2 Å². The normalized spacial score (nSPS) is 10.7. The summed E-state index contributed by atoms with van der Waals surface area (Å²) in [6.45, 7) is 0.507. The summed E-state index contributed by atoms with van der Waals surface area (Å²) in [6.07, 6.45) is 3.79. The number of rotatable bonds is 4. The molecule has 0 saturated heterocycles. The van der Waals surface area contributed by atoms with Gasteiger partial charge in [0.15, 0.2) is 0 Å². The van der Waals surface area contributed by atoms with Gasteiger partial charge in [0.25, 0.3) is 0 Å². The van der Waals surface area contributed by atoms with E-state index in [0.717, 1.165) is 21.5 Å². The van der Waals surface area contributed by atoms with Crippen LogP contribution in [-0.2, 0) is 0 Å². The van der Waals surface area contributed by atoms with Crippen molar-refractivity contribution in [3.05, 3.63) is 28.2 Å². The quantitative estimate of drug-likeness (QED) is 0.915. The fourth-order valence-corrected chi connectivity index (χ4v) is 1.73. The predicted octanol–water partition coefficient (Wildman–Crippen LogP) is 2.44. The van der Waals surface area contributed by atoms with Crippen molar-refractivity contribution in [2.24, 2.45) is 5.73 Å². The average molecular weight is 272 g/mol. The Morgan fingerprint density at radius 2 is 1.93 bits per heavy atom. The van der Waals surface area contributed by atoms with E-state index in [2.05, 4.69) is 15.9 Å². The van der Waals surface area contributed by atoms with Gasteiger partial charge in [-0.1, -0.05) is 12.2 Å². The summed E-state index contributed by atoms with van der Waals surface area (Å²) in [7, 11) is 3.25. The molecule has 15 heavy (non-hydrogen) atoms. The number of benzene rings is 1. The summed E-state index contributed by atoms with van der Waals surface area (Å²) in [4.78, 5) is 0.